The number of fused-ring (bicyclic) bond motifs is 1. The maximum atomic E-state index is 12.9. The zero-order valence-electron chi connectivity index (χ0n) is 9.49. The summed E-state index contributed by atoms with van der Waals surface area (Å²) in [7, 11) is 0. The molecule has 0 radical (unpaired) electrons. The molecule has 3 rings (SSSR count). The lowest BCUT2D eigenvalue weighted by atomic mass is 9.85. The molecule has 0 spiro atoms. The summed E-state index contributed by atoms with van der Waals surface area (Å²) in [5, 5.41) is 3.40. The Bertz CT molecular complexity index is 519. The average Bonchev–Trinajstić information content (AvgIpc) is 2.39. The fourth-order valence-corrected chi connectivity index (χ4v) is 2.51. The molecule has 0 saturated carbocycles. The second-order valence-electron chi connectivity index (χ2n) is 4.41. The van der Waals surface area contributed by atoms with E-state index < -0.39 is 0 Å². The number of hydrogen-bond donors (Lipinski definition) is 1. The lowest BCUT2D eigenvalue weighted by Gasteiger charge is -2.27. The van der Waals surface area contributed by atoms with E-state index in [0.29, 0.717) is 5.92 Å². The molecule has 0 fully saturated rings. The Balaban J connectivity index is 2.03. The van der Waals surface area contributed by atoms with Crippen LogP contribution in [0.1, 0.15) is 23.5 Å². The van der Waals surface area contributed by atoms with Crippen molar-refractivity contribution >= 4 is 5.69 Å². The standard InChI is InChI=1S/C15H14FN/c16-12-7-5-11(6-8-12)13-9-10-17-15-4-2-1-3-14(13)15/h1-8,13,17H,9-10H2. The molecule has 17 heavy (non-hydrogen) atoms. The van der Waals surface area contributed by atoms with Gasteiger partial charge in [0.15, 0.2) is 0 Å². The van der Waals surface area contributed by atoms with E-state index in [1.807, 2.05) is 18.2 Å². The minimum Gasteiger partial charge on any atom is -0.385 e. The van der Waals surface area contributed by atoms with Crippen LogP contribution in [0.5, 0.6) is 0 Å². The summed E-state index contributed by atoms with van der Waals surface area (Å²) in [5.41, 5.74) is 3.71. The molecule has 0 aliphatic carbocycles. The summed E-state index contributed by atoms with van der Waals surface area (Å²) >= 11 is 0. The van der Waals surface area contributed by atoms with Crippen LogP contribution >= 0.6 is 0 Å². The van der Waals surface area contributed by atoms with E-state index >= 15 is 0 Å². The zero-order valence-corrected chi connectivity index (χ0v) is 9.49. The molecule has 0 bridgehead atoms. The number of benzene rings is 2. The Morgan fingerprint density at radius 2 is 1.76 bits per heavy atom. The van der Waals surface area contributed by atoms with Crippen molar-refractivity contribution in [2.24, 2.45) is 0 Å². The Morgan fingerprint density at radius 3 is 2.59 bits per heavy atom. The SMILES string of the molecule is Fc1ccc(C2CCNc3ccccc32)cc1. The molecule has 2 aromatic rings. The zero-order chi connectivity index (χ0) is 11.7. The van der Waals surface area contributed by atoms with Gasteiger partial charge in [-0.15, -0.1) is 0 Å². The van der Waals surface area contributed by atoms with Crippen LogP contribution in [0.4, 0.5) is 10.1 Å². The monoisotopic (exact) mass is 227 g/mol. The van der Waals surface area contributed by atoms with Crippen LogP contribution in [-0.2, 0) is 0 Å². The van der Waals surface area contributed by atoms with E-state index in [9.17, 15) is 4.39 Å². The highest BCUT2D eigenvalue weighted by Gasteiger charge is 2.20. The minimum atomic E-state index is -0.170. The van der Waals surface area contributed by atoms with Gasteiger partial charge >= 0.3 is 0 Å². The van der Waals surface area contributed by atoms with Gasteiger partial charge in [0, 0.05) is 18.2 Å². The van der Waals surface area contributed by atoms with Gasteiger partial charge in [-0.25, -0.2) is 4.39 Å². The molecule has 1 nitrogen and oxygen atoms in total. The minimum absolute atomic E-state index is 0.170. The number of nitrogens with one attached hydrogen (secondary N) is 1. The fraction of sp³-hybridized carbons (Fsp3) is 0.200. The first-order valence-electron chi connectivity index (χ1n) is 5.93. The van der Waals surface area contributed by atoms with Gasteiger partial charge in [-0.2, -0.15) is 0 Å². The Kier molecular flexibility index (Phi) is 2.56. The average molecular weight is 227 g/mol. The third kappa shape index (κ3) is 1.91. The molecule has 0 amide bonds. The van der Waals surface area contributed by atoms with Gasteiger partial charge < -0.3 is 5.32 Å². The molecule has 0 saturated heterocycles. The summed E-state index contributed by atoms with van der Waals surface area (Å²) in [6.45, 7) is 0.971. The Morgan fingerprint density at radius 1 is 1.00 bits per heavy atom. The van der Waals surface area contributed by atoms with Crippen molar-refractivity contribution in [1.82, 2.24) is 0 Å². The summed E-state index contributed by atoms with van der Waals surface area (Å²) in [5.74, 6) is 0.212. The molecule has 1 aliphatic heterocycles. The van der Waals surface area contributed by atoms with E-state index in [2.05, 4.69) is 23.5 Å². The fourth-order valence-electron chi connectivity index (χ4n) is 2.51. The molecule has 2 heteroatoms. The normalized spacial score (nSPS) is 18.3. The molecular formula is C15H14FN. The van der Waals surface area contributed by atoms with Gasteiger partial charge in [0.1, 0.15) is 5.82 Å². The number of halogens is 1. The predicted octanol–water partition coefficient (Wildman–Crippen LogP) is 3.77. The first kappa shape index (κ1) is 10.3. The van der Waals surface area contributed by atoms with Crippen LogP contribution in [-0.4, -0.2) is 6.54 Å². The van der Waals surface area contributed by atoms with E-state index in [0.717, 1.165) is 13.0 Å². The molecule has 86 valence electrons. The largest absolute Gasteiger partial charge is 0.385 e. The second kappa shape index (κ2) is 4.21. The van der Waals surface area contributed by atoms with Crippen molar-refractivity contribution in [1.29, 1.82) is 0 Å². The molecule has 2 aromatic carbocycles. The highest BCUT2D eigenvalue weighted by molar-refractivity contribution is 5.57. The Labute approximate surface area is 100 Å². The summed E-state index contributed by atoms with van der Waals surface area (Å²) in [6, 6.07) is 15.2. The molecule has 1 unspecified atom stereocenters. The van der Waals surface area contributed by atoms with Crippen molar-refractivity contribution in [3.8, 4) is 0 Å². The van der Waals surface area contributed by atoms with E-state index in [1.165, 1.54) is 16.8 Å². The van der Waals surface area contributed by atoms with Crippen LogP contribution in [0.3, 0.4) is 0 Å². The van der Waals surface area contributed by atoms with Crippen LogP contribution in [0, 0.1) is 5.82 Å². The summed E-state index contributed by atoms with van der Waals surface area (Å²) < 4.78 is 12.9. The summed E-state index contributed by atoms with van der Waals surface area (Å²) in [6.07, 6.45) is 1.06. The smallest absolute Gasteiger partial charge is 0.123 e. The number of hydrogen-bond acceptors (Lipinski definition) is 1. The van der Waals surface area contributed by atoms with E-state index in [1.54, 1.807) is 12.1 Å². The highest BCUT2D eigenvalue weighted by Crippen LogP contribution is 2.36. The van der Waals surface area contributed by atoms with Crippen molar-refractivity contribution < 1.29 is 4.39 Å². The maximum absolute atomic E-state index is 12.9. The van der Waals surface area contributed by atoms with Gasteiger partial charge in [0.25, 0.3) is 0 Å². The van der Waals surface area contributed by atoms with Crippen LogP contribution in [0.25, 0.3) is 0 Å². The van der Waals surface area contributed by atoms with Gasteiger partial charge in [-0.1, -0.05) is 30.3 Å². The van der Waals surface area contributed by atoms with Gasteiger partial charge in [0.2, 0.25) is 0 Å². The molecule has 1 heterocycles. The van der Waals surface area contributed by atoms with Gasteiger partial charge in [-0.3, -0.25) is 0 Å². The quantitative estimate of drug-likeness (QED) is 0.782. The topological polar surface area (TPSA) is 12.0 Å². The lowest BCUT2D eigenvalue weighted by Crippen LogP contribution is -2.17. The summed E-state index contributed by atoms with van der Waals surface area (Å²) in [4.78, 5) is 0. The second-order valence-corrected chi connectivity index (χ2v) is 4.41. The lowest BCUT2D eigenvalue weighted by molar-refractivity contribution is 0.625. The van der Waals surface area contributed by atoms with E-state index in [-0.39, 0.29) is 5.82 Å². The number of rotatable bonds is 1. The molecule has 0 aromatic heterocycles. The maximum Gasteiger partial charge on any atom is 0.123 e. The third-order valence-electron chi connectivity index (χ3n) is 3.36. The van der Waals surface area contributed by atoms with Crippen LogP contribution < -0.4 is 5.32 Å². The molecular weight excluding hydrogens is 213 g/mol. The van der Waals surface area contributed by atoms with Gasteiger partial charge in [0.05, 0.1) is 0 Å². The van der Waals surface area contributed by atoms with Crippen molar-refractivity contribution in [2.45, 2.75) is 12.3 Å². The van der Waals surface area contributed by atoms with E-state index in [4.69, 9.17) is 0 Å². The number of anilines is 1. The van der Waals surface area contributed by atoms with Crippen LogP contribution in [0.15, 0.2) is 48.5 Å². The third-order valence-corrected chi connectivity index (χ3v) is 3.36. The molecule has 1 atom stereocenters. The highest BCUT2D eigenvalue weighted by atomic mass is 19.1. The first-order valence-corrected chi connectivity index (χ1v) is 5.93. The predicted molar refractivity (Wildman–Crippen MR) is 67.8 cm³/mol. The molecule has 1 N–H and O–H groups in total. The van der Waals surface area contributed by atoms with Crippen molar-refractivity contribution in [3.05, 3.63) is 65.5 Å². The van der Waals surface area contributed by atoms with Crippen LogP contribution in [0.2, 0.25) is 0 Å². The number of para-hydroxylation sites is 1. The van der Waals surface area contributed by atoms with Crippen molar-refractivity contribution in [3.63, 3.8) is 0 Å². The first-order chi connectivity index (χ1) is 8.34. The Hall–Kier alpha value is -1.83. The van der Waals surface area contributed by atoms with Crippen molar-refractivity contribution in [2.75, 3.05) is 11.9 Å². The molecule has 1 aliphatic rings. The van der Waals surface area contributed by atoms with Gasteiger partial charge in [-0.05, 0) is 35.7 Å².